The summed E-state index contributed by atoms with van der Waals surface area (Å²) in [5, 5.41) is 14.6. The number of para-hydroxylation sites is 1. The normalized spacial score (nSPS) is 10.1. The molecule has 0 aliphatic rings. The average Bonchev–Trinajstić information content (AvgIpc) is 2.31. The molecular weight excluding hydrogens is 300 g/mol. The Morgan fingerprint density at radius 1 is 1.39 bits per heavy atom. The number of carbonyl (C=O) groups is 2. The first-order chi connectivity index (χ1) is 8.56. The van der Waals surface area contributed by atoms with Gasteiger partial charge in [0.1, 0.15) is 0 Å². The summed E-state index contributed by atoms with van der Waals surface area (Å²) >= 11 is 3.24. The number of nitrogens with one attached hydrogen (secondary N) is 2. The molecule has 0 heterocycles. The van der Waals surface area contributed by atoms with E-state index in [1.807, 2.05) is 7.05 Å². The van der Waals surface area contributed by atoms with Gasteiger partial charge in [-0.3, -0.25) is 4.79 Å². The zero-order chi connectivity index (χ0) is 13.5. The quantitative estimate of drug-likeness (QED) is 0.702. The SMILES string of the molecule is CNCCCC(=O)Nc1c(Br)cccc1C(=O)O. The Kier molecular flexibility index (Phi) is 5.80. The van der Waals surface area contributed by atoms with E-state index in [0.29, 0.717) is 23.0 Å². The van der Waals surface area contributed by atoms with Crippen LogP contribution in [0.1, 0.15) is 23.2 Å². The number of rotatable bonds is 6. The number of benzene rings is 1. The Labute approximate surface area is 114 Å². The topological polar surface area (TPSA) is 78.4 Å². The van der Waals surface area contributed by atoms with Crippen LogP contribution in [0.3, 0.4) is 0 Å². The molecule has 0 spiro atoms. The lowest BCUT2D eigenvalue weighted by molar-refractivity contribution is -0.116. The van der Waals surface area contributed by atoms with Crippen LogP contribution in [0.15, 0.2) is 22.7 Å². The van der Waals surface area contributed by atoms with E-state index in [1.165, 1.54) is 6.07 Å². The van der Waals surface area contributed by atoms with Gasteiger partial charge in [0, 0.05) is 10.9 Å². The highest BCUT2D eigenvalue weighted by Crippen LogP contribution is 2.26. The second-order valence-corrected chi connectivity index (χ2v) is 4.58. The summed E-state index contributed by atoms with van der Waals surface area (Å²) in [5.41, 5.74) is 0.380. The van der Waals surface area contributed by atoms with Gasteiger partial charge in [-0.15, -0.1) is 0 Å². The molecule has 6 heteroatoms. The molecular formula is C12H15BrN2O3. The lowest BCUT2D eigenvalue weighted by atomic mass is 10.1. The standard InChI is InChI=1S/C12H15BrN2O3/c1-14-7-3-6-10(16)15-11-8(12(17)18)4-2-5-9(11)13/h2,4-5,14H,3,6-7H2,1H3,(H,15,16)(H,17,18). The number of amides is 1. The fourth-order valence-electron chi connectivity index (χ4n) is 1.46. The van der Waals surface area contributed by atoms with Crippen molar-refractivity contribution in [1.82, 2.24) is 5.32 Å². The van der Waals surface area contributed by atoms with Crippen LogP contribution in [0, 0.1) is 0 Å². The Bertz CT molecular complexity index is 449. The van der Waals surface area contributed by atoms with Crippen LogP contribution < -0.4 is 10.6 Å². The smallest absolute Gasteiger partial charge is 0.337 e. The van der Waals surface area contributed by atoms with Crippen molar-refractivity contribution < 1.29 is 14.7 Å². The van der Waals surface area contributed by atoms with Gasteiger partial charge in [0.25, 0.3) is 0 Å². The molecule has 0 aromatic heterocycles. The molecule has 1 amide bonds. The van der Waals surface area contributed by atoms with Crippen molar-refractivity contribution in [1.29, 1.82) is 0 Å². The van der Waals surface area contributed by atoms with Gasteiger partial charge in [0.2, 0.25) is 5.91 Å². The van der Waals surface area contributed by atoms with E-state index in [4.69, 9.17) is 5.11 Å². The van der Waals surface area contributed by atoms with Gasteiger partial charge in [-0.25, -0.2) is 4.79 Å². The maximum absolute atomic E-state index is 11.7. The van der Waals surface area contributed by atoms with E-state index < -0.39 is 5.97 Å². The number of halogens is 1. The molecule has 0 fully saturated rings. The van der Waals surface area contributed by atoms with E-state index in [0.717, 1.165) is 6.54 Å². The predicted molar refractivity (Wildman–Crippen MR) is 72.9 cm³/mol. The third kappa shape index (κ3) is 4.12. The average molecular weight is 315 g/mol. The number of aromatic carboxylic acids is 1. The van der Waals surface area contributed by atoms with Crippen LogP contribution in [0.2, 0.25) is 0 Å². The van der Waals surface area contributed by atoms with Gasteiger partial charge in [-0.1, -0.05) is 6.07 Å². The molecule has 0 aliphatic heterocycles. The molecule has 0 saturated carbocycles. The van der Waals surface area contributed by atoms with Crippen molar-refractivity contribution in [3.05, 3.63) is 28.2 Å². The molecule has 3 N–H and O–H groups in total. The first-order valence-corrected chi connectivity index (χ1v) is 6.31. The lowest BCUT2D eigenvalue weighted by Gasteiger charge is -2.10. The van der Waals surface area contributed by atoms with E-state index in [9.17, 15) is 9.59 Å². The molecule has 1 aromatic rings. The summed E-state index contributed by atoms with van der Waals surface area (Å²) in [6.45, 7) is 0.745. The first kappa shape index (κ1) is 14.7. The van der Waals surface area contributed by atoms with Crippen molar-refractivity contribution in [3.8, 4) is 0 Å². The first-order valence-electron chi connectivity index (χ1n) is 5.52. The van der Waals surface area contributed by atoms with Crippen molar-refractivity contribution >= 4 is 33.5 Å². The van der Waals surface area contributed by atoms with Crippen LogP contribution in [0.5, 0.6) is 0 Å². The van der Waals surface area contributed by atoms with Gasteiger partial charge >= 0.3 is 5.97 Å². The zero-order valence-electron chi connectivity index (χ0n) is 10.00. The minimum atomic E-state index is -1.07. The van der Waals surface area contributed by atoms with Crippen molar-refractivity contribution in [3.63, 3.8) is 0 Å². The highest BCUT2D eigenvalue weighted by Gasteiger charge is 2.14. The number of carboxylic acid groups (broad SMARTS) is 1. The molecule has 0 radical (unpaired) electrons. The summed E-state index contributed by atoms with van der Waals surface area (Å²) in [7, 11) is 1.81. The van der Waals surface area contributed by atoms with Gasteiger partial charge in [0.05, 0.1) is 11.3 Å². The number of hydrogen-bond acceptors (Lipinski definition) is 3. The van der Waals surface area contributed by atoms with Gasteiger partial charge in [-0.05, 0) is 48.1 Å². The molecule has 1 aromatic carbocycles. The van der Waals surface area contributed by atoms with Gasteiger partial charge < -0.3 is 15.7 Å². The summed E-state index contributed by atoms with van der Waals surface area (Å²) in [6.07, 6.45) is 1.05. The van der Waals surface area contributed by atoms with Gasteiger partial charge in [0.15, 0.2) is 0 Å². The largest absolute Gasteiger partial charge is 0.478 e. The van der Waals surface area contributed by atoms with E-state index in [-0.39, 0.29) is 11.5 Å². The third-order valence-corrected chi connectivity index (χ3v) is 3.00. The number of hydrogen-bond donors (Lipinski definition) is 3. The number of anilines is 1. The van der Waals surface area contributed by atoms with Crippen LogP contribution in [0.4, 0.5) is 5.69 Å². The van der Waals surface area contributed by atoms with Crippen molar-refractivity contribution in [2.24, 2.45) is 0 Å². The monoisotopic (exact) mass is 314 g/mol. The van der Waals surface area contributed by atoms with Gasteiger partial charge in [-0.2, -0.15) is 0 Å². The number of carbonyl (C=O) groups excluding carboxylic acids is 1. The molecule has 5 nitrogen and oxygen atoms in total. The zero-order valence-corrected chi connectivity index (χ0v) is 11.6. The maximum atomic E-state index is 11.7. The third-order valence-electron chi connectivity index (χ3n) is 2.34. The molecule has 0 saturated heterocycles. The molecule has 0 atom stereocenters. The van der Waals surface area contributed by atoms with Crippen LogP contribution in [0.25, 0.3) is 0 Å². The second-order valence-electron chi connectivity index (χ2n) is 3.72. The lowest BCUT2D eigenvalue weighted by Crippen LogP contribution is -2.17. The predicted octanol–water partition coefficient (Wildman–Crippen LogP) is 2.09. The van der Waals surface area contributed by atoms with Crippen LogP contribution in [-0.4, -0.2) is 30.6 Å². The molecule has 0 aliphatic carbocycles. The maximum Gasteiger partial charge on any atom is 0.337 e. The van der Waals surface area contributed by atoms with Crippen molar-refractivity contribution in [2.75, 3.05) is 18.9 Å². The Hall–Kier alpha value is -1.40. The number of carboxylic acids is 1. The van der Waals surface area contributed by atoms with E-state index >= 15 is 0 Å². The molecule has 18 heavy (non-hydrogen) atoms. The van der Waals surface area contributed by atoms with Crippen molar-refractivity contribution in [2.45, 2.75) is 12.8 Å². The molecule has 1 rings (SSSR count). The van der Waals surface area contributed by atoms with Crippen LogP contribution in [-0.2, 0) is 4.79 Å². The second kappa shape index (κ2) is 7.13. The molecule has 0 bridgehead atoms. The Morgan fingerprint density at radius 3 is 2.72 bits per heavy atom. The highest BCUT2D eigenvalue weighted by atomic mass is 79.9. The minimum Gasteiger partial charge on any atom is -0.478 e. The summed E-state index contributed by atoms with van der Waals surface area (Å²) in [5.74, 6) is -1.26. The summed E-state index contributed by atoms with van der Waals surface area (Å²) < 4.78 is 0.560. The molecule has 0 unspecified atom stereocenters. The fourth-order valence-corrected chi connectivity index (χ4v) is 1.92. The Morgan fingerprint density at radius 2 is 2.11 bits per heavy atom. The summed E-state index contributed by atoms with van der Waals surface area (Å²) in [6, 6.07) is 4.76. The van der Waals surface area contributed by atoms with Crippen LogP contribution >= 0.6 is 15.9 Å². The highest BCUT2D eigenvalue weighted by molar-refractivity contribution is 9.10. The Balaban J connectivity index is 2.77. The van der Waals surface area contributed by atoms with E-state index in [1.54, 1.807) is 12.1 Å². The minimum absolute atomic E-state index is 0.0753. The van der Waals surface area contributed by atoms with E-state index in [2.05, 4.69) is 26.6 Å². The fraction of sp³-hybridized carbons (Fsp3) is 0.333. The molecule has 98 valence electrons. The summed E-state index contributed by atoms with van der Waals surface area (Å²) in [4.78, 5) is 22.7.